The van der Waals surface area contributed by atoms with E-state index in [1.54, 1.807) is 11.3 Å². The number of ether oxygens (including phenoxy) is 1. The molecule has 0 aliphatic carbocycles. The first kappa shape index (κ1) is 12.0. The third-order valence-corrected chi connectivity index (χ3v) is 3.54. The second-order valence-electron chi connectivity index (χ2n) is 4.49. The van der Waals surface area contributed by atoms with Crippen LogP contribution in [0.4, 0.5) is 0 Å². The average molecular weight is 242 g/mol. The molecule has 1 saturated heterocycles. The molecule has 0 spiro atoms. The van der Waals surface area contributed by atoms with Gasteiger partial charge in [-0.25, -0.2) is 4.98 Å². The van der Waals surface area contributed by atoms with Crippen LogP contribution in [0.25, 0.3) is 0 Å². The molecule has 2 rings (SSSR count). The molecule has 90 valence electrons. The molecule has 0 aromatic carbocycles. The van der Waals surface area contributed by atoms with Crippen LogP contribution in [-0.2, 0) is 11.3 Å². The van der Waals surface area contributed by atoms with Gasteiger partial charge in [0.05, 0.1) is 16.8 Å². The zero-order chi connectivity index (χ0) is 11.4. The van der Waals surface area contributed by atoms with Crippen molar-refractivity contribution in [2.45, 2.75) is 25.0 Å². The molecule has 1 aliphatic heterocycles. The molecule has 0 amide bonds. The predicted molar refractivity (Wildman–Crippen MR) is 63.5 cm³/mol. The van der Waals surface area contributed by atoms with Crippen LogP contribution in [0.15, 0.2) is 10.9 Å². The third-order valence-electron chi connectivity index (χ3n) is 2.90. The maximum absolute atomic E-state index is 10.3. The number of hydrogen-bond acceptors (Lipinski definition) is 5. The van der Waals surface area contributed by atoms with Gasteiger partial charge in [-0.3, -0.25) is 4.90 Å². The van der Waals surface area contributed by atoms with E-state index in [-0.39, 0.29) is 0 Å². The standard InChI is InChI=1S/C11H18N2O2S/c1-13(6-10-7-16-9-12-10)8-11(14)2-4-15-5-3-11/h7,9,14H,2-6,8H2,1H3. The van der Waals surface area contributed by atoms with E-state index in [9.17, 15) is 5.11 Å². The van der Waals surface area contributed by atoms with Gasteiger partial charge in [0.25, 0.3) is 0 Å². The first-order chi connectivity index (χ1) is 7.68. The smallest absolute Gasteiger partial charge is 0.0817 e. The average Bonchev–Trinajstić information content (AvgIpc) is 2.70. The largest absolute Gasteiger partial charge is 0.388 e. The molecular weight excluding hydrogens is 224 g/mol. The summed E-state index contributed by atoms with van der Waals surface area (Å²) in [5, 5.41) is 12.4. The summed E-state index contributed by atoms with van der Waals surface area (Å²) in [5.74, 6) is 0. The van der Waals surface area contributed by atoms with Crippen LogP contribution < -0.4 is 0 Å². The molecule has 0 unspecified atom stereocenters. The Morgan fingerprint density at radius 2 is 2.31 bits per heavy atom. The first-order valence-electron chi connectivity index (χ1n) is 5.54. The normalized spacial score (nSPS) is 20.2. The third kappa shape index (κ3) is 3.25. The van der Waals surface area contributed by atoms with Crippen LogP contribution in [0.5, 0.6) is 0 Å². The Labute approximate surface area is 99.9 Å². The highest BCUT2D eigenvalue weighted by atomic mass is 32.1. The van der Waals surface area contributed by atoms with Gasteiger partial charge in [0.15, 0.2) is 0 Å². The zero-order valence-electron chi connectivity index (χ0n) is 9.56. The summed E-state index contributed by atoms with van der Waals surface area (Å²) in [6, 6.07) is 0. The summed E-state index contributed by atoms with van der Waals surface area (Å²) in [6.07, 6.45) is 1.46. The van der Waals surface area contributed by atoms with Crippen LogP contribution in [0, 0.1) is 0 Å². The highest BCUT2D eigenvalue weighted by Crippen LogP contribution is 2.21. The van der Waals surface area contributed by atoms with Crippen molar-refractivity contribution in [2.75, 3.05) is 26.8 Å². The number of thiazole rings is 1. The van der Waals surface area contributed by atoms with Gasteiger partial charge in [-0.05, 0) is 7.05 Å². The van der Waals surface area contributed by atoms with Crippen molar-refractivity contribution in [2.24, 2.45) is 0 Å². The second kappa shape index (κ2) is 5.23. The molecule has 0 radical (unpaired) electrons. The summed E-state index contributed by atoms with van der Waals surface area (Å²) in [4.78, 5) is 6.37. The van der Waals surface area contributed by atoms with Crippen molar-refractivity contribution in [1.82, 2.24) is 9.88 Å². The monoisotopic (exact) mass is 242 g/mol. The zero-order valence-corrected chi connectivity index (χ0v) is 10.4. The van der Waals surface area contributed by atoms with E-state index in [0.717, 1.165) is 25.1 Å². The van der Waals surface area contributed by atoms with Gasteiger partial charge in [0.2, 0.25) is 0 Å². The Kier molecular flexibility index (Phi) is 3.91. The van der Waals surface area contributed by atoms with E-state index in [1.165, 1.54) is 0 Å². The first-order valence-corrected chi connectivity index (χ1v) is 6.48. The Morgan fingerprint density at radius 3 is 2.94 bits per heavy atom. The number of aliphatic hydroxyl groups is 1. The minimum absolute atomic E-state index is 0.580. The van der Waals surface area contributed by atoms with E-state index in [4.69, 9.17) is 4.74 Å². The molecule has 1 aliphatic rings. The molecule has 2 heterocycles. The number of hydrogen-bond donors (Lipinski definition) is 1. The van der Waals surface area contributed by atoms with Crippen molar-refractivity contribution in [1.29, 1.82) is 0 Å². The summed E-state index contributed by atoms with van der Waals surface area (Å²) in [6.45, 7) is 2.82. The molecule has 1 N–H and O–H groups in total. The number of likely N-dealkylation sites (N-methyl/N-ethyl adjacent to an activating group) is 1. The summed E-state index contributed by atoms with van der Waals surface area (Å²) in [7, 11) is 2.02. The molecule has 0 bridgehead atoms. The van der Waals surface area contributed by atoms with Gasteiger partial charge in [-0.2, -0.15) is 0 Å². The van der Waals surface area contributed by atoms with Crippen LogP contribution >= 0.6 is 11.3 Å². The maximum Gasteiger partial charge on any atom is 0.0817 e. The van der Waals surface area contributed by atoms with E-state index in [2.05, 4.69) is 9.88 Å². The van der Waals surface area contributed by atoms with Gasteiger partial charge < -0.3 is 9.84 Å². The number of aromatic nitrogens is 1. The van der Waals surface area contributed by atoms with Crippen LogP contribution in [-0.4, -0.2) is 47.4 Å². The minimum Gasteiger partial charge on any atom is -0.388 e. The van der Waals surface area contributed by atoms with Gasteiger partial charge in [0.1, 0.15) is 0 Å². The lowest BCUT2D eigenvalue weighted by Gasteiger charge is -2.35. The van der Waals surface area contributed by atoms with Crippen molar-refractivity contribution in [3.63, 3.8) is 0 Å². The summed E-state index contributed by atoms with van der Waals surface area (Å²) >= 11 is 1.61. The molecule has 16 heavy (non-hydrogen) atoms. The molecule has 4 nitrogen and oxygen atoms in total. The molecular formula is C11H18N2O2S. The SMILES string of the molecule is CN(Cc1cscn1)CC1(O)CCOCC1. The predicted octanol–water partition coefficient (Wildman–Crippen LogP) is 1.12. The molecule has 1 fully saturated rings. The molecule has 1 aromatic rings. The lowest BCUT2D eigenvalue weighted by atomic mass is 9.94. The van der Waals surface area contributed by atoms with Gasteiger partial charge >= 0.3 is 0 Å². The highest BCUT2D eigenvalue weighted by molar-refractivity contribution is 7.07. The number of rotatable bonds is 4. The van der Waals surface area contributed by atoms with E-state index < -0.39 is 5.60 Å². The Hall–Kier alpha value is -0.490. The Balaban J connectivity index is 1.84. The quantitative estimate of drug-likeness (QED) is 0.859. The van der Waals surface area contributed by atoms with Gasteiger partial charge in [0, 0.05) is 44.5 Å². The van der Waals surface area contributed by atoms with E-state index in [1.807, 2.05) is 17.9 Å². The van der Waals surface area contributed by atoms with Crippen molar-refractivity contribution in [3.8, 4) is 0 Å². The van der Waals surface area contributed by atoms with Crippen LogP contribution in [0.3, 0.4) is 0 Å². The summed E-state index contributed by atoms with van der Waals surface area (Å²) < 4.78 is 5.26. The fraction of sp³-hybridized carbons (Fsp3) is 0.727. The van der Waals surface area contributed by atoms with Crippen LogP contribution in [0.2, 0.25) is 0 Å². The lowest BCUT2D eigenvalue weighted by Crippen LogP contribution is -2.45. The fourth-order valence-corrected chi connectivity index (χ4v) is 2.61. The summed E-state index contributed by atoms with van der Waals surface area (Å²) in [5.41, 5.74) is 2.33. The lowest BCUT2D eigenvalue weighted by molar-refractivity contribution is -0.0778. The maximum atomic E-state index is 10.3. The molecule has 1 aromatic heterocycles. The Bertz CT molecular complexity index is 310. The Morgan fingerprint density at radius 1 is 1.56 bits per heavy atom. The molecule has 0 atom stereocenters. The minimum atomic E-state index is -0.580. The van der Waals surface area contributed by atoms with E-state index >= 15 is 0 Å². The number of nitrogens with zero attached hydrogens (tertiary/aromatic N) is 2. The fourth-order valence-electron chi connectivity index (χ4n) is 2.06. The molecule has 0 saturated carbocycles. The van der Waals surface area contributed by atoms with Crippen LogP contribution in [0.1, 0.15) is 18.5 Å². The van der Waals surface area contributed by atoms with Gasteiger partial charge in [-0.1, -0.05) is 0 Å². The van der Waals surface area contributed by atoms with Crippen molar-refractivity contribution < 1.29 is 9.84 Å². The van der Waals surface area contributed by atoms with Crippen molar-refractivity contribution in [3.05, 3.63) is 16.6 Å². The highest BCUT2D eigenvalue weighted by Gasteiger charge is 2.30. The van der Waals surface area contributed by atoms with E-state index in [0.29, 0.717) is 19.8 Å². The molecule has 5 heteroatoms. The van der Waals surface area contributed by atoms with Gasteiger partial charge in [-0.15, -0.1) is 11.3 Å². The topological polar surface area (TPSA) is 45.6 Å². The van der Waals surface area contributed by atoms with Crippen molar-refractivity contribution >= 4 is 11.3 Å². The second-order valence-corrected chi connectivity index (χ2v) is 5.21.